The lowest BCUT2D eigenvalue weighted by atomic mass is 10.1. The van der Waals surface area contributed by atoms with E-state index in [0.717, 1.165) is 96.3 Å². The van der Waals surface area contributed by atoms with Gasteiger partial charge in [-0.2, -0.15) is 0 Å². The molecule has 0 amide bonds. The molecule has 53 heavy (non-hydrogen) atoms. The molecule has 0 aliphatic carbocycles. The van der Waals surface area contributed by atoms with E-state index in [-0.39, 0.29) is 26.1 Å². The third kappa shape index (κ3) is 39.2. The molecule has 9 nitrogen and oxygen atoms in total. The van der Waals surface area contributed by atoms with Crippen molar-refractivity contribution in [3.63, 3.8) is 0 Å². The maximum absolute atomic E-state index is 12.6. The second kappa shape index (κ2) is 35.4. The van der Waals surface area contributed by atoms with Gasteiger partial charge in [0.2, 0.25) is 0 Å². The molecule has 0 radical (unpaired) electrons. The summed E-state index contributed by atoms with van der Waals surface area (Å²) in [5.41, 5.74) is 0. The molecule has 1 unspecified atom stereocenters. The third-order valence-corrected chi connectivity index (χ3v) is 9.24. The Labute approximate surface area is 324 Å². The van der Waals surface area contributed by atoms with Crippen molar-refractivity contribution in [1.82, 2.24) is 0 Å². The van der Waals surface area contributed by atoms with Crippen LogP contribution in [-0.4, -0.2) is 70.0 Å². The van der Waals surface area contributed by atoms with Crippen LogP contribution < -0.4 is 4.89 Å². The van der Waals surface area contributed by atoms with Crippen molar-refractivity contribution in [3.8, 4) is 0 Å². The van der Waals surface area contributed by atoms with Gasteiger partial charge in [0.1, 0.15) is 19.8 Å². The zero-order valence-electron chi connectivity index (χ0n) is 34.2. The number of nitrogens with zero attached hydrogens (tertiary/aromatic N) is 1. The second-order valence-electron chi connectivity index (χ2n) is 14.6. The Balaban J connectivity index is 4.47. The van der Waals surface area contributed by atoms with E-state index < -0.39 is 32.5 Å². The lowest BCUT2D eigenvalue weighted by Gasteiger charge is -2.28. The SMILES string of the molecule is CC/C=C/C/C=C/C/C=C/CCCCCCCC(=O)O[C@H](COC(=O)CCCCCCC/C=C/C/C=C/CCCC)COP(=O)([O-])OCC[N+](C)(C)C. The van der Waals surface area contributed by atoms with Crippen molar-refractivity contribution in [2.75, 3.05) is 47.5 Å². The Bertz CT molecular complexity index is 1090. The minimum atomic E-state index is -4.63. The Morgan fingerprint density at radius 2 is 1.08 bits per heavy atom. The van der Waals surface area contributed by atoms with Crippen LogP contribution in [-0.2, 0) is 32.7 Å². The molecule has 0 aromatic rings. The molecule has 10 heteroatoms. The van der Waals surface area contributed by atoms with Crippen LogP contribution in [0.15, 0.2) is 60.8 Å². The standard InChI is InChI=1S/C43H76NO8P/c1-6-8-10-12-14-16-18-20-22-24-26-28-30-32-34-36-43(46)52-41(40-51-53(47,48)50-38-37-44(3,4)5)39-49-42(45)35-33-31-29-27-25-23-21-19-17-15-13-11-9-7-2/h8,10,13-16,19-22,41H,6-7,9,11-12,17-18,23-40H2,1-5H3/b10-8+,15-13+,16-14+,21-19+,22-20+/t41-/m1/s1. The minimum Gasteiger partial charge on any atom is -0.756 e. The van der Waals surface area contributed by atoms with E-state index in [1.807, 2.05) is 21.1 Å². The summed E-state index contributed by atoms with van der Waals surface area (Å²) >= 11 is 0. The van der Waals surface area contributed by atoms with E-state index in [4.69, 9.17) is 18.5 Å². The van der Waals surface area contributed by atoms with Crippen molar-refractivity contribution < 1.29 is 42.1 Å². The first-order valence-electron chi connectivity index (χ1n) is 20.5. The maximum Gasteiger partial charge on any atom is 0.306 e. The van der Waals surface area contributed by atoms with Crippen LogP contribution in [0.4, 0.5) is 0 Å². The summed E-state index contributed by atoms with van der Waals surface area (Å²) < 4.78 is 33.8. The van der Waals surface area contributed by atoms with Gasteiger partial charge in [-0.1, -0.05) is 126 Å². The largest absolute Gasteiger partial charge is 0.756 e. The molecule has 0 fully saturated rings. The number of likely N-dealkylation sites (N-methyl/N-ethyl adjacent to an activating group) is 1. The van der Waals surface area contributed by atoms with Gasteiger partial charge in [-0.15, -0.1) is 0 Å². The van der Waals surface area contributed by atoms with E-state index in [0.29, 0.717) is 23.9 Å². The fourth-order valence-corrected chi connectivity index (χ4v) is 5.76. The Kier molecular flexibility index (Phi) is 33.9. The molecule has 0 aliphatic rings. The average Bonchev–Trinajstić information content (AvgIpc) is 3.10. The van der Waals surface area contributed by atoms with Gasteiger partial charge in [-0.25, -0.2) is 0 Å². The van der Waals surface area contributed by atoms with Crippen LogP contribution in [0.5, 0.6) is 0 Å². The number of carbonyl (C=O) groups is 2. The molecular weight excluding hydrogens is 689 g/mol. The van der Waals surface area contributed by atoms with Gasteiger partial charge in [-0.05, 0) is 70.6 Å². The first-order valence-corrected chi connectivity index (χ1v) is 22.0. The average molecular weight is 766 g/mol. The summed E-state index contributed by atoms with van der Waals surface area (Å²) in [6.07, 6.45) is 41.0. The number of hydrogen-bond acceptors (Lipinski definition) is 8. The number of phosphoric acid groups is 1. The zero-order chi connectivity index (χ0) is 39.3. The van der Waals surface area contributed by atoms with Crippen molar-refractivity contribution >= 4 is 19.8 Å². The molecule has 0 aromatic heterocycles. The summed E-state index contributed by atoms with van der Waals surface area (Å²) in [6, 6.07) is 0. The van der Waals surface area contributed by atoms with Crippen LogP contribution >= 0.6 is 7.82 Å². The molecular formula is C43H76NO8P. The van der Waals surface area contributed by atoms with E-state index in [9.17, 15) is 19.0 Å². The number of carbonyl (C=O) groups excluding carboxylic acids is 2. The van der Waals surface area contributed by atoms with Gasteiger partial charge in [0.05, 0.1) is 27.7 Å². The molecule has 0 saturated carbocycles. The van der Waals surface area contributed by atoms with E-state index >= 15 is 0 Å². The fourth-order valence-electron chi connectivity index (χ4n) is 5.04. The fraction of sp³-hybridized carbons (Fsp3) is 0.721. The Morgan fingerprint density at radius 3 is 1.60 bits per heavy atom. The van der Waals surface area contributed by atoms with E-state index in [1.54, 1.807) is 0 Å². The quantitative estimate of drug-likeness (QED) is 0.0204. The predicted molar refractivity (Wildman–Crippen MR) is 217 cm³/mol. The third-order valence-electron chi connectivity index (χ3n) is 8.27. The molecule has 306 valence electrons. The Morgan fingerprint density at radius 1 is 0.604 bits per heavy atom. The lowest BCUT2D eigenvalue weighted by Crippen LogP contribution is -2.37. The monoisotopic (exact) mass is 766 g/mol. The summed E-state index contributed by atoms with van der Waals surface area (Å²) in [6.45, 7) is 4.01. The van der Waals surface area contributed by atoms with Crippen molar-refractivity contribution in [2.45, 2.75) is 155 Å². The van der Waals surface area contributed by atoms with Gasteiger partial charge < -0.3 is 27.9 Å². The number of esters is 2. The van der Waals surface area contributed by atoms with Crippen LogP contribution in [0.3, 0.4) is 0 Å². The van der Waals surface area contributed by atoms with Gasteiger partial charge in [0, 0.05) is 12.8 Å². The summed E-state index contributed by atoms with van der Waals surface area (Å²) in [5, 5.41) is 0. The molecule has 2 atom stereocenters. The van der Waals surface area contributed by atoms with E-state index in [1.165, 1.54) is 12.8 Å². The highest BCUT2D eigenvalue weighted by Gasteiger charge is 2.21. The molecule has 0 N–H and O–H groups in total. The second-order valence-corrected chi connectivity index (χ2v) is 16.0. The summed E-state index contributed by atoms with van der Waals surface area (Å²) in [4.78, 5) is 37.4. The molecule has 0 aliphatic heterocycles. The maximum atomic E-state index is 12.6. The van der Waals surface area contributed by atoms with Gasteiger partial charge in [0.25, 0.3) is 7.82 Å². The molecule has 0 aromatic carbocycles. The minimum absolute atomic E-state index is 0.0396. The topological polar surface area (TPSA) is 111 Å². The lowest BCUT2D eigenvalue weighted by molar-refractivity contribution is -0.870. The van der Waals surface area contributed by atoms with Crippen molar-refractivity contribution in [1.29, 1.82) is 0 Å². The van der Waals surface area contributed by atoms with Gasteiger partial charge >= 0.3 is 11.9 Å². The van der Waals surface area contributed by atoms with E-state index in [2.05, 4.69) is 74.6 Å². The Hall–Kier alpha value is -2.29. The molecule has 0 bridgehead atoms. The highest BCUT2D eigenvalue weighted by Crippen LogP contribution is 2.38. The van der Waals surface area contributed by atoms with Gasteiger partial charge in [0.15, 0.2) is 6.10 Å². The normalized spacial score (nSPS) is 14.3. The number of hydrogen-bond donors (Lipinski definition) is 0. The number of quaternary nitrogens is 1. The van der Waals surface area contributed by atoms with Crippen LogP contribution in [0.2, 0.25) is 0 Å². The first kappa shape index (κ1) is 50.7. The zero-order valence-corrected chi connectivity index (χ0v) is 35.1. The van der Waals surface area contributed by atoms with Crippen LogP contribution in [0.25, 0.3) is 0 Å². The predicted octanol–water partition coefficient (Wildman–Crippen LogP) is 10.7. The summed E-state index contributed by atoms with van der Waals surface area (Å²) in [5.74, 6) is -0.877. The highest BCUT2D eigenvalue weighted by atomic mass is 31.2. The molecule has 0 saturated heterocycles. The molecule has 0 heterocycles. The number of rotatable bonds is 36. The molecule has 0 spiro atoms. The number of allylic oxidation sites excluding steroid dienone is 10. The van der Waals surface area contributed by atoms with Gasteiger partial charge in [-0.3, -0.25) is 14.2 Å². The van der Waals surface area contributed by atoms with Crippen molar-refractivity contribution in [2.24, 2.45) is 0 Å². The smallest absolute Gasteiger partial charge is 0.306 e. The first-order chi connectivity index (χ1) is 25.5. The van der Waals surface area contributed by atoms with Crippen LogP contribution in [0.1, 0.15) is 149 Å². The number of unbranched alkanes of at least 4 members (excludes halogenated alkanes) is 12. The number of ether oxygens (including phenoxy) is 2. The van der Waals surface area contributed by atoms with Crippen LogP contribution in [0, 0.1) is 0 Å². The molecule has 0 rings (SSSR count). The van der Waals surface area contributed by atoms with Crippen molar-refractivity contribution in [3.05, 3.63) is 60.8 Å². The number of phosphoric ester groups is 1. The highest BCUT2D eigenvalue weighted by molar-refractivity contribution is 7.45. The summed E-state index contributed by atoms with van der Waals surface area (Å²) in [7, 11) is 1.13.